The number of imidazole rings is 1. The first-order valence-electron chi connectivity index (χ1n) is 10.6. The Morgan fingerprint density at radius 1 is 1.00 bits per heavy atom. The van der Waals surface area contributed by atoms with Gasteiger partial charge < -0.3 is 42.0 Å². The van der Waals surface area contributed by atoms with Gasteiger partial charge in [0.05, 0.1) is 19.0 Å². The molecule has 0 radical (unpaired) electrons. The van der Waals surface area contributed by atoms with Gasteiger partial charge in [-0.05, 0) is 18.8 Å². The number of carboxylic acid groups (broad SMARTS) is 2. The Kier molecular flexibility index (Phi) is 11.7. The van der Waals surface area contributed by atoms with E-state index in [9.17, 15) is 34.2 Å². The van der Waals surface area contributed by atoms with E-state index < -0.39 is 66.9 Å². The fraction of sp³-hybridized carbons (Fsp3) is 0.600. The lowest BCUT2D eigenvalue weighted by Crippen LogP contribution is -2.58. The monoisotopic (exact) mass is 484 g/mol. The highest BCUT2D eigenvalue weighted by atomic mass is 16.4. The number of carboxylic acids is 2. The normalized spacial score (nSPS) is 14.5. The second-order valence-corrected chi connectivity index (χ2v) is 8.15. The minimum Gasteiger partial charge on any atom is -0.481 e. The second kappa shape index (κ2) is 13.9. The van der Waals surface area contributed by atoms with Crippen LogP contribution in [0.25, 0.3) is 0 Å². The average molecular weight is 485 g/mol. The maximum absolute atomic E-state index is 12.6. The van der Waals surface area contributed by atoms with Crippen molar-refractivity contribution < 1.29 is 39.3 Å². The Morgan fingerprint density at radius 3 is 2.09 bits per heavy atom. The maximum atomic E-state index is 12.6. The molecule has 0 fully saturated rings. The molecule has 0 saturated heterocycles. The van der Waals surface area contributed by atoms with Crippen molar-refractivity contribution in [1.29, 1.82) is 0 Å². The predicted octanol–water partition coefficient (Wildman–Crippen LogP) is -2.28. The molecule has 34 heavy (non-hydrogen) atoms. The van der Waals surface area contributed by atoms with Crippen LogP contribution in [0.3, 0.4) is 0 Å². The first-order chi connectivity index (χ1) is 15.9. The number of nitrogens with zero attached hydrogens (tertiary/aromatic N) is 1. The van der Waals surface area contributed by atoms with Gasteiger partial charge >= 0.3 is 11.9 Å². The highest BCUT2D eigenvalue weighted by molar-refractivity contribution is 5.94. The number of nitrogens with one attached hydrogen (secondary N) is 4. The molecule has 1 aromatic heterocycles. The van der Waals surface area contributed by atoms with Gasteiger partial charge in [0.25, 0.3) is 0 Å². The van der Waals surface area contributed by atoms with Gasteiger partial charge in [0, 0.05) is 24.7 Å². The molecular weight excluding hydrogens is 452 g/mol. The lowest BCUT2D eigenvalue weighted by molar-refractivity contribution is -0.143. The van der Waals surface area contributed by atoms with Crippen molar-refractivity contribution in [2.75, 3.05) is 6.61 Å². The molecule has 0 spiro atoms. The Bertz CT molecular complexity index is 844. The standard InChI is InChI=1S/C20H32N6O8/c1-10(2)5-14(20(33)34)25-18(31)13(3-4-16(28)29)24-19(32)15(8-27)26-17(30)12(21)6-11-7-22-9-23-11/h7,9-10,12-15,27H,3-6,8,21H2,1-2H3,(H,22,23)(H,24,32)(H,25,31)(H,26,30)(H,28,29)(H,33,34). The van der Waals surface area contributed by atoms with Gasteiger partial charge in [0.1, 0.15) is 18.1 Å². The molecule has 0 aliphatic rings. The molecule has 1 heterocycles. The molecule has 9 N–H and O–H groups in total. The van der Waals surface area contributed by atoms with Gasteiger partial charge in [-0.15, -0.1) is 0 Å². The van der Waals surface area contributed by atoms with Crippen LogP contribution in [0.1, 0.15) is 38.8 Å². The molecule has 0 saturated carbocycles. The maximum Gasteiger partial charge on any atom is 0.326 e. The minimum atomic E-state index is -1.48. The molecule has 1 rings (SSSR count). The number of carbonyl (C=O) groups excluding carboxylic acids is 3. The van der Waals surface area contributed by atoms with Crippen molar-refractivity contribution in [3.8, 4) is 0 Å². The molecule has 14 nitrogen and oxygen atoms in total. The van der Waals surface area contributed by atoms with Crippen molar-refractivity contribution >= 4 is 29.7 Å². The number of aromatic nitrogens is 2. The SMILES string of the molecule is CC(C)CC(NC(=O)C(CCC(=O)O)NC(=O)C(CO)NC(=O)C(N)Cc1cnc[nH]1)C(=O)O. The number of aliphatic hydroxyl groups excluding tert-OH is 1. The summed E-state index contributed by atoms with van der Waals surface area (Å²) in [5.41, 5.74) is 6.38. The number of aliphatic hydroxyl groups is 1. The number of hydrogen-bond acceptors (Lipinski definition) is 8. The number of nitrogens with two attached hydrogens (primary N) is 1. The van der Waals surface area contributed by atoms with Gasteiger partial charge in [0.15, 0.2) is 0 Å². The summed E-state index contributed by atoms with van der Waals surface area (Å²) in [6.07, 6.45) is 2.24. The smallest absolute Gasteiger partial charge is 0.326 e. The van der Waals surface area contributed by atoms with E-state index in [1.807, 2.05) is 0 Å². The molecule has 0 bridgehead atoms. The molecule has 3 amide bonds. The number of hydrogen-bond donors (Lipinski definition) is 8. The van der Waals surface area contributed by atoms with E-state index >= 15 is 0 Å². The van der Waals surface area contributed by atoms with Gasteiger partial charge in [-0.3, -0.25) is 19.2 Å². The van der Waals surface area contributed by atoms with Crippen molar-refractivity contribution in [3.63, 3.8) is 0 Å². The van der Waals surface area contributed by atoms with Crippen LogP contribution in [-0.4, -0.2) is 85.7 Å². The van der Waals surface area contributed by atoms with Gasteiger partial charge in [-0.2, -0.15) is 0 Å². The van der Waals surface area contributed by atoms with E-state index in [-0.39, 0.29) is 25.2 Å². The van der Waals surface area contributed by atoms with Crippen molar-refractivity contribution in [1.82, 2.24) is 25.9 Å². The zero-order valence-electron chi connectivity index (χ0n) is 19.0. The summed E-state index contributed by atoms with van der Waals surface area (Å²) in [5.74, 6) is -5.20. The summed E-state index contributed by atoms with van der Waals surface area (Å²) in [6.45, 7) is 2.70. The fourth-order valence-electron chi connectivity index (χ4n) is 2.97. The van der Waals surface area contributed by atoms with Crippen molar-refractivity contribution in [2.45, 2.75) is 63.7 Å². The van der Waals surface area contributed by atoms with E-state index in [4.69, 9.17) is 10.8 Å². The van der Waals surface area contributed by atoms with Crippen LogP contribution in [0.5, 0.6) is 0 Å². The first kappa shape index (κ1) is 28.5. The third kappa shape index (κ3) is 9.95. The predicted molar refractivity (Wildman–Crippen MR) is 117 cm³/mol. The van der Waals surface area contributed by atoms with Gasteiger partial charge in [0.2, 0.25) is 17.7 Å². The van der Waals surface area contributed by atoms with Crippen molar-refractivity contribution in [2.24, 2.45) is 11.7 Å². The lowest BCUT2D eigenvalue weighted by Gasteiger charge is -2.24. The van der Waals surface area contributed by atoms with Crippen LogP contribution < -0.4 is 21.7 Å². The lowest BCUT2D eigenvalue weighted by atomic mass is 10.0. The molecule has 190 valence electrons. The second-order valence-electron chi connectivity index (χ2n) is 8.15. The van der Waals surface area contributed by atoms with Crippen LogP contribution in [0.2, 0.25) is 0 Å². The van der Waals surface area contributed by atoms with Gasteiger partial charge in [-0.25, -0.2) is 9.78 Å². The van der Waals surface area contributed by atoms with E-state index in [0.29, 0.717) is 5.69 Å². The number of aliphatic carboxylic acids is 2. The van der Waals surface area contributed by atoms with E-state index in [1.165, 1.54) is 12.5 Å². The molecule has 0 aromatic carbocycles. The molecule has 0 aliphatic carbocycles. The third-order valence-corrected chi connectivity index (χ3v) is 4.75. The molecule has 4 unspecified atom stereocenters. The Morgan fingerprint density at radius 2 is 1.59 bits per heavy atom. The Labute approximate surface area is 195 Å². The summed E-state index contributed by atoms with van der Waals surface area (Å²) < 4.78 is 0. The quantitative estimate of drug-likeness (QED) is 0.133. The average Bonchev–Trinajstić information content (AvgIpc) is 3.26. The van der Waals surface area contributed by atoms with E-state index in [0.717, 1.165) is 0 Å². The molecule has 1 aromatic rings. The van der Waals surface area contributed by atoms with Crippen LogP contribution in [-0.2, 0) is 30.4 Å². The highest BCUT2D eigenvalue weighted by Gasteiger charge is 2.30. The van der Waals surface area contributed by atoms with Crippen LogP contribution >= 0.6 is 0 Å². The fourth-order valence-corrected chi connectivity index (χ4v) is 2.97. The summed E-state index contributed by atoms with van der Waals surface area (Å²) in [7, 11) is 0. The zero-order valence-corrected chi connectivity index (χ0v) is 19.0. The zero-order chi connectivity index (χ0) is 25.8. The first-order valence-corrected chi connectivity index (χ1v) is 10.6. The number of aromatic amines is 1. The van der Waals surface area contributed by atoms with Crippen LogP contribution in [0.15, 0.2) is 12.5 Å². The summed E-state index contributed by atoms with van der Waals surface area (Å²) in [5, 5.41) is 34.7. The third-order valence-electron chi connectivity index (χ3n) is 4.75. The number of H-pyrrole nitrogens is 1. The van der Waals surface area contributed by atoms with Crippen molar-refractivity contribution in [3.05, 3.63) is 18.2 Å². The minimum absolute atomic E-state index is 0.0617. The largest absolute Gasteiger partial charge is 0.481 e. The van der Waals surface area contributed by atoms with E-state index in [1.54, 1.807) is 13.8 Å². The number of rotatable bonds is 15. The molecule has 14 heteroatoms. The summed E-state index contributed by atoms with van der Waals surface area (Å²) in [6, 6.07) is -5.21. The van der Waals surface area contributed by atoms with E-state index in [2.05, 4.69) is 25.9 Å². The number of amides is 3. The van der Waals surface area contributed by atoms with Crippen LogP contribution in [0.4, 0.5) is 0 Å². The molecule has 4 atom stereocenters. The molecular formula is C20H32N6O8. The summed E-state index contributed by atoms with van der Waals surface area (Å²) >= 11 is 0. The summed E-state index contributed by atoms with van der Waals surface area (Å²) in [4.78, 5) is 66.6. The number of carbonyl (C=O) groups is 5. The topological polar surface area (TPSA) is 237 Å². The Hall–Kier alpha value is -3.52. The van der Waals surface area contributed by atoms with Gasteiger partial charge in [-0.1, -0.05) is 13.8 Å². The van der Waals surface area contributed by atoms with Crippen LogP contribution in [0, 0.1) is 5.92 Å². The Balaban J connectivity index is 2.85. The highest BCUT2D eigenvalue weighted by Crippen LogP contribution is 2.07. The molecule has 0 aliphatic heterocycles.